The van der Waals surface area contributed by atoms with Gasteiger partial charge in [-0.05, 0) is 38.0 Å². The molecule has 0 aliphatic carbocycles. The molecule has 1 aliphatic heterocycles. The second-order valence-electron chi connectivity index (χ2n) is 5.16. The third-order valence-corrected chi connectivity index (χ3v) is 3.54. The molecule has 1 fully saturated rings. The number of aliphatic hydroxyl groups is 1. The van der Waals surface area contributed by atoms with Gasteiger partial charge >= 0.3 is 6.09 Å². The van der Waals surface area contributed by atoms with Crippen LogP contribution in [0.3, 0.4) is 0 Å². The first-order valence-corrected chi connectivity index (χ1v) is 7.03. The van der Waals surface area contributed by atoms with Crippen LogP contribution in [0.4, 0.5) is 10.5 Å². The average Bonchev–Trinajstić information content (AvgIpc) is 2.85. The molecule has 2 N–H and O–H groups in total. The normalized spacial score (nSPS) is 17.9. The number of anilines is 1. The Balaban J connectivity index is 2.07. The number of nitrogens with zero attached hydrogens (tertiary/aromatic N) is 1. The summed E-state index contributed by atoms with van der Waals surface area (Å²) in [5.41, 5.74) is 1.99. The molecule has 110 valence electrons. The average molecular weight is 278 g/mol. The van der Waals surface area contributed by atoms with Crippen molar-refractivity contribution >= 4 is 11.8 Å². The molecule has 1 unspecified atom stereocenters. The van der Waals surface area contributed by atoms with Crippen LogP contribution in [0.2, 0.25) is 0 Å². The third kappa shape index (κ3) is 3.49. The Morgan fingerprint density at radius 2 is 2.25 bits per heavy atom. The number of benzene rings is 1. The number of carbonyl (C=O) groups excluding carboxylic acids is 1. The maximum atomic E-state index is 11.6. The molecule has 5 nitrogen and oxygen atoms in total. The largest absolute Gasteiger partial charge is 0.447 e. The minimum absolute atomic E-state index is 0.162. The van der Waals surface area contributed by atoms with E-state index in [1.165, 1.54) is 0 Å². The lowest BCUT2D eigenvalue weighted by Gasteiger charge is -2.21. The highest BCUT2D eigenvalue weighted by Crippen LogP contribution is 2.23. The standard InChI is InChI=1S/C15H22N2O3/c1-11(6-8-18)16-12(2)13-4-3-5-14(10-13)17-7-9-20-15(17)19/h3-5,10-12,16,18H,6-9H2,1-2H3/t11-,12?/m1/s1. The maximum absolute atomic E-state index is 11.6. The zero-order chi connectivity index (χ0) is 14.5. The molecule has 0 spiro atoms. The first-order chi connectivity index (χ1) is 9.61. The Morgan fingerprint density at radius 1 is 1.45 bits per heavy atom. The van der Waals surface area contributed by atoms with Gasteiger partial charge in [0.15, 0.2) is 0 Å². The Labute approximate surface area is 119 Å². The summed E-state index contributed by atoms with van der Waals surface area (Å²) in [6, 6.07) is 8.32. The summed E-state index contributed by atoms with van der Waals surface area (Å²) in [6.07, 6.45) is 0.444. The van der Waals surface area contributed by atoms with Crippen molar-refractivity contribution in [2.24, 2.45) is 0 Å². The van der Waals surface area contributed by atoms with Crippen LogP contribution < -0.4 is 10.2 Å². The molecule has 0 bridgehead atoms. The molecule has 1 heterocycles. The quantitative estimate of drug-likeness (QED) is 0.836. The van der Waals surface area contributed by atoms with Crippen LogP contribution in [0, 0.1) is 0 Å². The number of rotatable bonds is 6. The number of aliphatic hydroxyl groups excluding tert-OH is 1. The van der Waals surface area contributed by atoms with E-state index in [0.717, 1.165) is 17.7 Å². The van der Waals surface area contributed by atoms with Gasteiger partial charge in [0.05, 0.1) is 6.54 Å². The molecule has 1 amide bonds. The summed E-state index contributed by atoms with van der Waals surface area (Å²) in [6.45, 7) is 5.36. The molecule has 0 radical (unpaired) electrons. The summed E-state index contributed by atoms with van der Waals surface area (Å²) in [5, 5.41) is 12.4. The first-order valence-electron chi connectivity index (χ1n) is 7.03. The Morgan fingerprint density at radius 3 is 2.90 bits per heavy atom. The topological polar surface area (TPSA) is 61.8 Å². The van der Waals surface area contributed by atoms with Gasteiger partial charge in [-0.2, -0.15) is 0 Å². The molecule has 5 heteroatoms. The lowest BCUT2D eigenvalue weighted by atomic mass is 10.1. The second kappa shape index (κ2) is 6.72. The van der Waals surface area contributed by atoms with E-state index in [1.54, 1.807) is 4.90 Å². The van der Waals surface area contributed by atoms with Gasteiger partial charge in [-0.15, -0.1) is 0 Å². The maximum Gasteiger partial charge on any atom is 0.414 e. The number of hydrogen-bond donors (Lipinski definition) is 2. The van der Waals surface area contributed by atoms with Gasteiger partial charge in [-0.25, -0.2) is 4.79 Å². The van der Waals surface area contributed by atoms with E-state index in [0.29, 0.717) is 13.2 Å². The van der Waals surface area contributed by atoms with Gasteiger partial charge in [0, 0.05) is 24.4 Å². The molecule has 0 saturated carbocycles. The number of amides is 1. The molecule has 1 saturated heterocycles. The monoisotopic (exact) mass is 278 g/mol. The van der Waals surface area contributed by atoms with Crippen molar-refractivity contribution in [3.63, 3.8) is 0 Å². The number of carbonyl (C=O) groups is 1. The molecular formula is C15H22N2O3. The Hall–Kier alpha value is -1.59. The van der Waals surface area contributed by atoms with Crippen LogP contribution >= 0.6 is 0 Å². The van der Waals surface area contributed by atoms with E-state index >= 15 is 0 Å². The third-order valence-electron chi connectivity index (χ3n) is 3.54. The van der Waals surface area contributed by atoms with Crippen molar-refractivity contribution in [3.8, 4) is 0 Å². The van der Waals surface area contributed by atoms with Crippen LogP contribution in [0.15, 0.2) is 24.3 Å². The molecular weight excluding hydrogens is 256 g/mol. The summed E-state index contributed by atoms with van der Waals surface area (Å²) < 4.78 is 4.96. The van der Waals surface area contributed by atoms with E-state index < -0.39 is 0 Å². The van der Waals surface area contributed by atoms with E-state index in [2.05, 4.69) is 19.2 Å². The van der Waals surface area contributed by atoms with Crippen molar-refractivity contribution < 1.29 is 14.6 Å². The second-order valence-corrected chi connectivity index (χ2v) is 5.16. The summed E-state index contributed by atoms with van der Waals surface area (Å²) >= 11 is 0. The van der Waals surface area contributed by atoms with Gasteiger partial charge in [0.1, 0.15) is 6.61 Å². The van der Waals surface area contributed by atoms with Gasteiger partial charge in [0.25, 0.3) is 0 Å². The summed E-state index contributed by atoms with van der Waals surface area (Å²) in [5.74, 6) is 0. The fourth-order valence-electron chi connectivity index (χ4n) is 2.39. The summed E-state index contributed by atoms with van der Waals surface area (Å²) in [7, 11) is 0. The predicted molar refractivity (Wildman–Crippen MR) is 77.9 cm³/mol. The predicted octanol–water partition coefficient (Wildman–Crippen LogP) is 2.06. The zero-order valence-electron chi connectivity index (χ0n) is 12.0. The van der Waals surface area contributed by atoms with Crippen LogP contribution in [0.25, 0.3) is 0 Å². The van der Waals surface area contributed by atoms with E-state index in [1.807, 2.05) is 24.3 Å². The Bertz CT molecular complexity index is 464. The van der Waals surface area contributed by atoms with Crippen molar-refractivity contribution in [1.82, 2.24) is 5.32 Å². The molecule has 1 aliphatic rings. The lowest BCUT2D eigenvalue weighted by molar-refractivity contribution is 0.181. The van der Waals surface area contributed by atoms with E-state index in [-0.39, 0.29) is 24.8 Å². The van der Waals surface area contributed by atoms with Crippen LogP contribution in [-0.4, -0.2) is 37.0 Å². The molecule has 2 rings (SSSR count). The van der Waals surface area contributed by atoms with Crippen LogP contribution in [0.5, 0.6) is 0 Å². The van der Waals surface area contributed by atoms with Crippen molar-refractivity contribution in [2.75, 3.05) is 24.7 Å². The van der Waals surface area contributed by atoms with Crippen LogP contribution in [0.1, 0.15) is 31.9 Å². The minimum atomic E-state index is -0.281. The molecule has 0 aromatic heterocycles. The highest BCUT2D eigenvalue weighted by Gasteiger charge is 2.23. The van der Waals surface area contributed by atoms with Crippen molar-refractivity contribution in [1.29, 1.82) is 0 Å². The molecule has 1 aromatic rings. The Kier molecular flexibility index (Phi) is 4.98. The van der Waals surface area contributed by atoms with Gasteiger partial charge < -0.3 is 15.2 Å². The smallest absolute Gasteiger partial charge is 0.414 e. The first kappa shape index (κ1) is 14.8. The SMILES string of the molecule is CC(N[C@H](C)CCO)c1cccc(N2CCOC2=O)c1. The van der Waals surface area contributed by atoms with Crippen molar-refractivity contribution in [2.45, 2.75) is 32.4 Å². The number of hydrogen-bond acceptors (Lipinski definition) is 4. The van der Waals surface area contributed by atoms with E-state index in [9.17, 15) is 4.79 Å². The van der Waals surface area contributed by atoms with Crippen molar-refractivity contribution in [3.05, 3.63) is 29.8 Å². The van der Waals surface area contributed by atoms with Gasteiger partial charge in [-0.3, -0.25) is 4.90 Å². The van der Waals surface area contributed by atoms with Gasteiger partial charge in [0.2, 0.25) is 0 Å². The fraction of sp³-hybridized carbons (Fsp3) is 0.533. The number of nitrogens with one attached hydrogen (secondary N) is 1. The van der Waals surface area contributed by atoms with E-state index in [4.69, 9.17) is 9.84 Å². The fourth-order valence-corrected chi connectivity index (χ4v) is 2.39. The molecule has 1 aromatic carbocycles. The van der Waals surface area contributed by atoms with Gasteiger partial charge in [-0.1, -0.05) is 12.1 Å². The molecule has 20 heavy (non-hydrogen) atoms. The number of cyclic esters (lactones) is 1. The molecule has 2 atom stereocenters. The highest BCUT2D eigenvalue weighted by molar-refractivity contribution is 5.89. The zero-order valence-corrected chi connectivity index (χ0v) is 12.0. The minimum Gasteiger partial charge on any atom is -0.447 e. The summed E-state index contributed by atoms with van der Waals surface area (Å²) in [4.78, 5) is 13.2. The number of ether oxygens (including phenoxy) is 1. The van der Waals surface area contributed by atoms with Crippen LogP contribution in [-0.2, 0) is 4.74 Å². The highest BCUT2D eigenvalue weighted by atomic mass is 16.6. The lowest BCUT2D eigenvalue weighted by Crippen LogP contribution is -2.30.